The Morgan fingerprint density at radius 2 is 2.11 bits per heavy atom. The molecule has 37 heavy (non-hydrogen) atoms. The highest BCUT2D eigenvalue weighted by Gasteiger charge is 2.56. The van der Waals surface area contributed by atoms with E-state index >= 15 is 0 Å². The Labute approximate surface area is 214 Å². The minimum atomic E-state index is -0.967. The van der Waals surface area contributed by atoms with Crippen molar-refractivity contribution >= 4 is 17.5 Å². The molecule has 1 saturated heterocycles. The smallest absolute Gasteiger partial charge is 0.270 e. The highest BCUT2D eigenvalue weighted by atomic mass is 19.1. The molecule has 188 valence electrons. The zero-order valence-electron chi connectivity index (χ0n) is 20.6. The molecule has 2 aromatic heterocycles. The van der Waals surface area contributed by atoms with Crippen LogP contribution in [0.25, 0.3) is 11.1 Å². The zero-order valence-corrected chi connectivity index (χ0v) is 20.6. The predicted octanol–water partition coefficient (Wildman–Crippen LogP) is 4.19. The monoisotopic (exact) mass is 499 g/mol. The number of anilines is 1. The lowest BCUT2D eigenvalue weighted by molar-refractivity contribution is -0.123. The van der Waals surface area contributed by atoms with E-state index < -0.39 is 17.1 Å². The number of pyridine rings is 2. The molecule has 5 rings (SSSR count). The van der Waals surface area contributed by atoms with Gasteiger partial charge in [-0.05, 0) is 79.6 Å². The first-order valence-electron chi connectivity index (χ1n) is 12.1. The summed E-state index contributed by atoms with van der Waals surface area (Å²) in [5, 5.41) is 12.6. The van der Waals surface area contributed by atoms with Gasteiger partial charge in [0, 0.05) is 42.4 Å². The molecule has 1 atom stereocenters. The number of rotatable bonds is 7. The third-order valence-electron chi connectivity index (χ3n) is 7.04. The number of hydrogen-bond donors (Lipinski definition) is 1. The van der Waals surface area contributed by atoms with Crippen molar-refractivity contribution in [2.24, 2.45) is 11.3 Å². The summed E-state index contributed by atoms with van der Waals surface area (Å²) in [7, 11) is 1.53. The summed E-state index contributed by atoms with van der Waals surface area (Å²) >= 11 is 0. The highest BCUT2D eigenvalue weighted by Crippen LogP contribution is 2.51. The summed E-state index contributed by atoms with van der Waals surface area (Å²) in [4.78, 5) is 36.2. The second-order valence-electron chi connectivity index (χ2n) is 9.52. The molecule has 1 aliphatic heterocycles. The number of nitrogens with zero attached hydrogens (tertiary/aromatic N) is 4. The molecule has 2 aliphatic rings. The summed E-state index contributed by atoms with van der Waals surface area (Å²) in [6, 6.07) is 11.8. The number of methoxy groups -OCH3 is 1. The Bertz CT molecular complexity index is 1430. The van der Waals surface area contributed by atoms with Crippen LogP contribution in [0.15, 0.2) is 48.8 Å². The molecule has 0 radical (unpaired) electrons. The zero-order chi connectivity index (χ0) is 26.2. The maximum atomic E-state index is 14.4. The van der Waals surface area contributed by atoms with Crippen molar-refractivity contribution in [2.75, 3.05) is 18.6 Å². The van der Waals surface area contributed by atoms with Crippen molar-refractivity contribution in [3.8, 4) is 22.9 Å². The molecule has 1 N–H and O–H groups in total. The Hall–Kier alpha value is -4.32. The van der Waals surface area contributed by atoms with Gasteiger partial charge < -0.3 is 15.0 Å². The molecule has 3 heterocycles. The fourth-order valence-electron chi connectivity index (χ4n) is 5.01. The van der Waals surface area contributed by atoms with Gasteiger partial charge in [-0.3, -0.25) is 14.6 Å². The Morgan fingerprint density at radius 1 is 1.30 bits per heavy atom. The number of aromatic nitrogens is 2. The minimum Gasteiger partial charge on any atom is -0.496 e. The second kappa shape index (κ2) is 9.62. The number of carbonyl (C=O) groups is 2. The number of benzene rings is 1. The largest absolute Gasteiger partial charge is 0.496 e. The van der Waals surface area contributed by atoms with Gasteiger partial charge in [0.15, 0.2) is 0 Å². The highest BCUT2D eigenvalue weighted by molar-refractivity contribution is 6.03. The van der Waals surface area contributed by atoms with Gasteiger partial charge in [0.25, 0.3) is 5.91 Å². The summed E-state index contributed by atoms with van der Waals surface area (Å²) in [5.74, 6) is -0.426. The molecule has 1 saturated carbocycles. The average Bonchev–Trinajstić information content (AvgIpc) is 3.70. The number of carbonyl (C=O) groups excluding carboxylic acids is 2. The third-order valence-corrected chi connectivity index (χ3v) is 7.04. The standard InChI is InChI=1S/C28H26FN5O3/c1-17-9-22(34-8-6-28(16-30,27(34)36)20-3-4-20)13-24(33-17)26(35)32-14-18-10-19(12-21(29)11-18)23-15-31-7-5-25(23)37-2/h5,7,9-13,15,20H,3-4,6,8,14H2,1-2H3,(H,32,35)/t28-/m1/s1. The van der Waals surface area contributed by atoms with Gasteiger partial charge in [-0.15, -0.1) is 0 Å². The fraction of sp³-hybridized carbons (Fsp3) is 0.321. The van der Waals surface area contributed by atoms with Crippen LogP contribution >= 0.6 is 0 Å². The molecule has 1 aliphatic carbocycles. The lowest BCUT2D eigenvalue weighted by Gasteiger charge is -2.21. The maximum absolute atomic E-state index is 14.4. The number of nitriles is 1. The van der Waals surface area contributed by atoms with Crippen LogP contribution in [-0.4, -0.2) is 35.4 Å². The van der Waals surface area contributed by atoms with Crippen LogP contribution in [0.5, 0.6) is 5.75 Å². The van der Waals surface area contributed by atoms with Crippen molar-refractivity contribution in [1.29, 1.82) is 5.26 Å². The van der Waals surface area contributed by atoms with E-state index in [0.717, 1.165) is 12.8 Å². The van der Waals surface area contributed by atoms with Gasteiger partial charge in [0.1, 0.15) is 22.7 Å². The van der Waals surface area contributed by atoms with Gasteiger partial charge >= 0.3 is 0 Å². The van der Waals surface area contributed by atoms with Crippen molar-refractivity contribution in [3.05, 3.63) is 71.6 Å². The van der Waals surface area contributed by atoms with Crippen LogP contribution in [0.3, 0.4) is 0 Å². The van der Waals surface area contributed by atoms with Crippen molar-refractivity contribution in [1.82, 2.24) is 15.3 Å². The fourth-order valence-corrected chi connectivity index (χ4v) is 5.01. The molecule has 2 fully saturated rings. The van der Waals surface area contributed by atoms with Crippen LogP contribution in [-0.2, 0) is 11.3 Å². The number of amides is 2. The number of aryl methyl sites for hydroxylation is 1. The topological polar surface area (TPSA) is 108 Å². The van der Waals surface area contributed by atoms with Crippen molar-refractivity contribution in [2.45, 2.75) is 32.7 Å². The van der Waals surface area contributed by atoms with E-state index in [1.807, 2.05) is 0 Å². The molecule has 3 aromatic rings. The van der Waals surface area contributed by atoms with E-state index in [2.05, 4.69) is 21.4 Å². The van der Waals surface area contributed by atoms with E-state index in [0.29, 0.717) is 46.8 Å². The van der Waals surface area contributed by atoms with E-state index in [9.17, 15) is 19.2 Å². The van der Waals surface area contributed by atoms with E-state index in [-0.39, 0.29) is 24.1 Å². The third kappa shape index (κ3) is 4.62. The average molecular weight is 500 g/mol. The lowest BCUT2D eigenvalue weighted by Crippen LogP contribution is -2.35. The molecule has 8 nitrogen and oxygen atoms in total. The SMILES string of the molecule is COc1ccncc1-c1cc(F)cc(CNC(=O)c2cc(N3CC[C@@](C#N)(C4CC4)C3=O)cc(C)n2)c1. The number of halogens is 1. The van der Waals surface area contributed by atoms with Gasteiger partial charge in [0.05, 0.1) is 13.2 Å². The first kappa shape index (κ1) is 24.4. The number of ether oxygens (including phenoxy) is 1. The summed E-state index contributed by atoms with van der Waals surface area (Å²) in [6.45, 7) is 2.25. The van der Waals surface area contributed by atoms with E-state index in [1.54, 1.807) is 48.5 Å². The first-order valence-corrected chi connectivity index (χ1v) is 12.1. The molecule has 0 bridgehead atoms. The van der Waals surface area contributed by atoms with Gasteiger partial charge in [-0.2, -0.15) is 5.26 Å². The van der Waals surface area contributed by atoms with Crippen LogP contribution in [0.2, 0.25) is 0 Å². The van der Waals surface area contributed by atoms with Crippen LogP contribution in [0, 0.1) is 35.4 Å². The molecule has 0 unspecified atom stereocenters. The Balaban J connectivity index is 1.34. The molecule has 2 amide bonds. The van der Waals surface area contributed by atoms with Crippen molar-refractivity contribution in [3.63, 3.8) is 0 Å². The summed E-state index contributed by atoms with van der Waals surface area (Å²) in [6.07, 6.45) is 5.46. The Kier molecular flexibility index (Phi) is 6.34. The van der Waals surface area contributed by atoms with Gasteiger partial charge in [-0.1, -0.05) is 0 Å². The second-order valence-corrected chi connectivity index (χ2v) is 9.52. The van der Waals surface area contributed by atoms with E-state index in [1.165, 1.54) is 19.2 Å². The molecule has 0 spiro atoms. The van der Waals surface area contributed by atoms with Crippen LogP contribution in [0.1, 0.15) is 41.0 Å². The maximum Gasteiger partial charge on any atom is 0.270 e. The molecular formula is C28H26FN5O3. The molecule has 9 heteroatoms. The Morgan fingerprint density at radius 3 is 2.84 bits per heavy atom. The van der Waals surface area contributed by atoms with Gasteiger partial charge in [0.2, 0.25) is 5.91 Å². The number of hydrogen-bond acceptors (Lipinski definition) is 6. The normalized spacial score (nSPS) is 19.0. The van der Waals surface area contributed by atoms with Gasteiger partial charge in [-0.25, -0.2) is 9.37 Å². The summed E-state index contributed by atoms with van der Waals surface area (Å²) in [5.41, 5.74) is 2.08. The van der Waals surface area contributed by atoms with E-state index in [4.69, 9.17) is 4.74 Å². The summed E-state index contributed by atoms with van der Waals surface area (Å²) < 4.78 is 19.8. The van der Waals surface area contributed by atoms with Crippen molar-refractivity contribution < 1.29 is 18.7 Å². The quantitative estimate of drug-likeness (QED) is 0.522. The van der Waals surface area contributed by atoms with Crippen LogP contribution in [0.4, 0.5) is 10.1 Å². The predicted molar refractivity (Wildman–Crippen MR) is 134 cm³/mol. The first-order chi connectivity index (χ1) is 17.8. The lowest BCUT2D eigenvalue weighted by atomic mass is 9.83. The minimum absolute atomic E-state index is 0.0684. The molecular weight excluding hydrogens is 473 g/mol. The van der Waals surface area contributed by atoms with Crippen LogP contribution < -0.4 is 15.0 Å². The number of nitrogens with one attached hydrogen (secondary N) is 1. The molecule has 1 aromatic carbocycles.